The Morgan fingerprint density at radius 3 is 2.68 bits per heavy atom. The van der Waals surface area contributed by atoms with E-state index in [0.717, 1.165) is 16.8 Å². The van der Waals surface area contributed by atoms with Gasteiger partial charge in [0.2, 0.25) is 0 Å². The van der Waals surface area contributed by atoms with E-state index in [-0.39, 0.29) is 18.2 Å². The largest absolute Gasteiger partial charge is 0.458 e. The molecule has 7 nitrogen and oxygen atoms in total. The Bertz CT molecular complexity index is 1460. The fourth-order valence-corrected chi connectivity index (χ4v) is 4.01. The lowest BCUT2D eigenvalue weighted by molar-refractivity contribution is -0.384. The van der Waals surface area contributed by atoms with Gasteiger partial charge in [0.25, 0.3) is 5.69 Å². The number of allylic oxidation sites excluding steroid dienone is 4. The topological polar surface area (TPSA) is 94.4 Å². The van der Waals surface area contributed by atoms with Crippen molar-refractivity contribution in [3.63, 3.8) is 0 Å². The Morgan fingerprint density at radius 2 is 1.95 bits per heavy atom. The van der Waals surface area contributed by atoms with Gasteiger partial charge in [0.15, 0.2) is 0 Å². The Balaban J connectivity index is 1.47. The predicted octanol–water partition coefficient (Wildman–Crippen LogP) is 5.67. The number of rotatable bonds is 6. The second-order valence-corrected chi connectivity index (χ2v) is 8.41. The number of hydrogen-bond donors (Lipinski definition) is 1. The molecule has 1 aliphatic heterocycles. The predicted molar refractivity (Wildman–Crippen MR) is 142 cm³/mol. The highest BCUT2D eigenvalue weighted by Gasteiger charge is 2.28. The minimum atomic E-state index is -0.434. The van der Waals surface area contributed by atoms with Crippen molar-refractivity contribution in [3.05, 3.63) is 129 Å². The van der Waals surface area contributed by atoms with Crippen molar-refractivity contribution in [2.75, 3.05) is 6.61 Å². The molecule has 0 spiro atoms. The van der Waals surface area contributed by atoms with Gasteiger partial charge in [-0.1, -0.05) is 54.3 Å². The van der Waals surface area contributed by atoms with Crippen molar-refractivity contribution in [3.8, 4) is 23.1 Å². The highest BCUT2D eigenvalue weighted by Crippen LogP contribution is 2.33. The SMILES string of the molecule is CC1=CC(c2ccc(-c3cccc([N+](=O)[O-])c3)nc2)C(C(=O)OC/C=C/C#Cc2ccccc2)=C(C)N1. The molecule has 1 atom stereocenters. The lowest BCUT2D eigenvalue weighted by Gasteiger charge is -2.25. The van der Waals surface area contributed by atoms with E-state index < -0.39 is 10.9 Å². The average molecular weight is 492 g/mol. The zero-order valence-corrected chi connectivity index (χ0v) is 20.5. The summed E-state index contributed by atoms with van der Waals surface area (Å²) in [7, 11) is 0. The highest BCUT2D eigenvalue weighted by atomic mass is 16.6. The second-order valence-electron chi connectivity index (χ2n) is 8.41. The van der Waals surface area contributed by atoms with E-state index in [2.05, 4.69) is 22.1 Å². The normalized spacial score (nSPS) is 14.9. The number of nitrogens with zero attached hydrogens (tertiary/aromatic N) is 2. The van der Waals surface area contributed by atoms with Crippen molar-refractivity contribution < 1.29 is 14.5 Å². The van der Waals surface area contributed by atoms with Gasteiger partial charge in [-0.05, 0) is 49.8 Å². The minimum absolute atomic E-state index is 0.00368. The molecule has 0 saturated carbocycles. The smallest absolute Gasteiger partial charge is 0.337 e. The number of dihydropyridines is 1. The van der Waals surface area contributed by atoms with E-state index in [9.17, 15) is 14.9 Å². The third-order valence-electron chi connectivity index (χ3n) is 5.74. The number of benzene rings is 2. The number of hydrogen-bond acceptors (Lipinski definition) is 6. The summed E-state index contributed by atoms with van der Waals surface area (Å²) in [6.45, 7) is 3.86. The van der Waals surface area contributed by atoms with Crippen LogP contribution in [0.4, 0.5) is 5.69 Å². The zero-order chi connectivity index (χ0) is 26.2. The molecular formula is C30H25N3O4. The molecule has 2 heterocycles. The van der Waals surface area contributed by atoms with Gasteiger partial charge in [-0.2, -0.15) is 0 Å². The summed E-state index contributed by atoms with van der Waals surface area (Å²) in [5, 5.41) is 14.3. The Labute approximate surface area is 215 Å². The molecule has 2 aromatic carbocycles. The number of esters is 1. The van der Waals surface area contributed by atoms with Crippen LogP contribution in [-0.2, 0) is 9.53 Å². The van der Waals surface area contributed by atoms with Gasteiger partial charge >= 0.3 is 5.97 Å². The number of carbonyl (C=O) groups excluding carboxylic acids is 1. The van der Waals surface area contributed by atoms with Crippen LogP contribution < -0.4 is 5.32 Å². The maximum absolute atomic E-state index is 13.0. The zero-order valence-electron chi connectivity index (χ0n) is 20.5. The number of nitro groups is 1. The molecule has 184 valence electrons. The highest BCUT2D eigenvalue weighted by molar-refractivity contribution is 5.92. The summed E-state index contributed by atoms with van der Waals surface area (Å²) < 4.78 is 5.51. The summed E-state index contributed by atoms with van der Waals surface area (Å²) >= 11 is 0. The molecule has 0 radical (unpaired) electrons. The molecule has 0 bridgehead atoms. The molecule has 1 N–H and O–H groups in total. The van der Waals surface area contributed by atoms with E-state index in [4.69, 9.17) is 4.74 Å². The van der Waals surface area contributed by atoms with Gasteiger partial charge in [-0.15, -0.1) is 0 Å². The first-order valence-electron chi connectivity index (χ1n) is 11.7. The average Bonchev–Trinajstić information content (AvgIpc) is 2.91. The minimum Gasteiger partial charge on any atom is -0.458 e. The van der Waals surface area contributed by atoms with E-state index in [1.165, 1.54) is 12.1 Å². The van der Waals surface area contributed by atoms with Gasteiger partial charge in [0.05, 0.1) is 16.2 Å². The number of ether oxygens (including phenoxy) is 1. The van der Waals surface area contributed by atoms with Crippen molar-refractivity contribution in [2.45, 2.75) is 19.8 Å². The summed E-state index contributed by atoms with van der Waals surface area (Å²) in [5.41, 5.74) is 5.10. The van der Waals surface area contributed by atoms with Gasteiger partial charge in [0, 0.05) is 46.8 Å². The van der Waals surface area contributed by atoms with Crippen LogP contribution in [0.2, 0.25) is 0 Å². The van der Waals surface area contributed by atoms with Crippen LogP contribution in [0, 0.1) is 22.0 Å². The number of aromatic nitrogens is 1. The van der Waals surface area contributed by atoms with Crippen molar-refractivity contribution >= 4 is 11.7 Å². The quantitative estimate of drug-likeness (QED) is 0.207. The van der Waals surface area contributed by atoms with Crippen molar-refractivity contribution in [1.29, 1.82) is 0 Å². The van der Waals surface area contributed by atoms with Crippen LogP contribution in [-0.4, -0.2) is 22.5 Å². The summed E-state index contributed by atoms with van der Waals surface area (Å²) in [6, 6.07) is 19.6. The van der Waals surface area contributed by atoms with Gasteiger partial charge in [0.1, 0.15) is 6.61 Å². The third-order valence-corrected chi connectivity index (χ3v) is 5.74. The lowest BCUT2D eigenvalue weighted by Crippen LogP contribution is -2.25. The molecule has 1 aliphatic rings. The molecule has 0 amide bonds. The van der Waals surface area contributed by atoms with E-state index in [1.807, 2.05) is 56.3 Å². The Hall–Kier alpha value is -4.96. The van der Waals surface area contributed by atoms with Gasteiger partial charge in [-0.25, -0.2) is 4.79 Å². The van der Waals surface area contributed by atoms with Gasteiger partial charge in [-0.3, -0.25) is 15.1 Å². The first kappa shape index (κ1) is 25.1. The van der Waals surface area contributed by atoms with Crippen LogP contribution in [0.3, 0.4) is 0 Å². The molecule has 37 heavy (non-hydrogen) atoms. The van der Waals surface area contributed by atoms with E-state index in [0.29, 0.717) is 22.5 Å². The van der Waals surface area contributed by atoms with Crippen LogP contribution in [0.5, 0.6) is 0 Å². The molecule has 0 saturated heterocycles. The van der Waals surface area contributed by atoms with E-state index in [1.54, 1.807) is 36.5 Å². The van der Waals surface area contributed by atoms with Crippen LogP contribution in [0.1, 0.15) is 30.9 Å². The monoisotopic (exact) mass is 491 g/mol. The lowest BCUT2D eigenvalue weighted by atomic mass is 9.87. The van der Waals surface area contributed by atoms with Crippen LogP contribution in [0.25, 0.3) is 11.3 Å². The number of carbonyl (C=O) groups is 1. The first-order valence-corrected chi connectivity index (χ1v) is 11.7. The molecule has 1 unspecified atom stereocenters. The second kappa shape index (κ2) is 11.6. The molecule has 1 aromatic heterocycles. The Kier molecular flexibility index (Phi) is 7.91. The summed E-state index contributed by atoms with van der Waals surface area (Å²) in [6.07, 6.45) is 7.01. The number of non-ortho nitro benzene ring substituents is 1. The molecule has 0 fully saturated rings. The third kappa shape index (κ3) is 6.38. The number of nitro benzene ring substituents is 1. The van der Waals surface area contributed by atoms with Crippen molar-refractivity contribution in [2.24, 2.45) is 0 Å². The maximum atomic E-state index is 13.0. The fraction of sp³-hybridized carbons (Fsp3) is 0.133. The summed E-state index contributed by atoms with van der Waals surface area (Å²) in [4.78, 5) is 28.2. The standard InChI is InChI=1S/C30H25N3O4/c1-21-18-27(25-15-16-28(31-20-25)24-13-9-14-26(19-24)33(35)36)29(22(2)32-21)30(34)37-17-8-4-7-12-23-10-5-3-6-11-23/h3-6,8-11,13-16,18-20,27,32H,17H2,1-2H3/b8-4+. The first-order chi connectivity index (χ1) is 17.9. The van der Waals surface area contributed by atoms with Crippen LogP contribution in [0.15, 0.2) is 108 Å². The molecule has 3 aromatic rings. The number of pyridine rings is 1. The molecule has 4 rings (SSSR count). The van der Waals surface area contributed by atoms with Crippen molar-refractivity contribution in [1.82, 2.24) is 10.3 Å². The molecular weight excluding hydrogens is 466 g/mol. The maximum Gasteiger partial charge on any atom is 0.337 e. The summed E-state index contributed by atoms with van der Waals surface area (Å²) in [5.74, 6) is 5.17. The fourth-order valence-electron chi connectivity index (χ4n) is 4.01. The Morgan fingerprint density at radius 1 is 1.14 bits per heavy atom. The van der Waals surface area contributed by atoms with E-state index >= 15 is 0 Å². The molecule has 7 heteroatoms. The van der Waals surface area contributed by atoms with Crippen LogP contribution >= 0.6 is 0 Å². The molecule has 0 aliphatic carbocycles. The number of nitrogens with one attached hydrogen (secondary N) is 1. The van der Waals surface area contributed by atoms with Gasteiger partial charge < -0.3 is 10.1 Å².